The van der Waals surface area contributed by atoms with Gasteiger partial charge in [-0.05, 0) is 62.8 Å². The van der Waals surface area contributed by atoms with Gasteiger partial charge in [-0.1, -0.05) is 19.3 Å². The molecule has 1 aromatic carbocycles. The normalized spacial score (nSPS) is 24.1. The van der Waals surface area contributed by atoms with Crippen molar-refractivity contribution < 1.29 is 9.59 Å². The Kier molecular flexibility index (Phi) is 5.74. The molecule has 2 fully saturated rings. The van der Waals surface area contributed by atoms with Crippen molar-refractivity contribution in [3.05, 3.63) is 29.3 Å². The molecule has 1 aromatic rings. The molecule has 0 aliphatic heterocycles. The lowest BCUT2D eigenvalue weighted by Crippen LogP contribution is -2.36. The standard InChI is InChI=1S/C20H29N3O2/c1-13-11-14(19(24)22-17-5-3-2-4-6-17)8-10-18(13)23-20(25)15-7-9-16(21)12-15/h8,10-11,15-17H,2-7,9,12,21H2,1H3,(H,22,24)(H,23,25). The van der Waals surface area contributed by atoms with Crippen molar-refractivity contribution >= 4 is 17.5 Å². The van der Waals surface area contributed by atoms with Crippen LogP contribution in [0.4, 0.5) is 5.69 Å². The molecule has 0 radical (unpaired) electrons. The van der Waals surface area contributed by atoms with Crippen LogP contribution in [0, 0.1) is 12.8 Å². The van der Waals surface area contributed by atoms with E-state index >= 15 is 0 Å². The Morgan fingerprint density at radius 1 is 1.08 bits per heavy atom. The Balaban J connectivity index is 1.60. The number of rotatable bonds is 4. The molecule has 0 spiro atoms. The van der Waals surface area contributed by atoms with Crippen LogP contribution in [0.3, 0.4) is 0 Å². The third-order valence-corrected chi connectivity index (χ3v) is 5.53. The van der Waals surface area contributed by atoms with Gasteiger partial charge in [0, 0.05) is 29.3 Å². The number of carbonyl (C=O) groups excluding carboxylic acids is 2. The quantitative estimate of drug-likeness (QED) is 0.785. The molecule has 2 aliphatic carbocycles. The van der Waals surface area contributed by atoms with E-state index in [0.29, 0.717) is 11.6 Å². The van der Waals surface area contributed by atoms with Gasteiger partial charge in [0.1, 0.15) is 0 Å². The molecule has 4 N–H and O–H groups in total. The summed E-state index contributed by atoms with van der Waals surface area (Å²) in [5.41, 5.74) is 8.23. The molecule has 5 nitrogen and oxygen atoms in total. The summed E-state index contributed by atoms with van der Waals surface area (Å²) in [6, 6.07) is 5.92. The maximum absolute atomic E-state index is 12.4. The van der Waals surface area contributed by atoms with Crippen molar-refractivity contribution in [2.24, 2.45) is 11.7 Å². The highest BCUT2D eigenvalue weighted by Crippen LogP contribution is 2.26. The van der Waals surface area contributed by atoms with E-state index in [4.69, 9.17) is 5.73 Å². The first kappa shape index (κ1) is 17.9. The van der Waals surface area contributed by atoms with Gasteiger partial charge >= 0.3 is 0 Å². The van der Waals surface area contributed by atoms with E-state index in [0.717, 1.165) is 43.4 Å². The highest BCUT2D eigenvalue weighted by Gasteiger charge is 2.28. The molecule has 3 rings (SSSR count). The van der Waals surface area contributed by atoms with E-state index in [-0.39, 0.29) is 23.8 Å². The van der Waals surface area contributed by atoms with Gasteiger partial charge in [0.05, 0.1) is 0 Å². The molecule has 2 saturated carbocycles. The van der Waals surface area contributed by atoms with Gasteiger partial charge in [-0.15, -0.1) is 0 Å². The largest absolute Gasteiger partial charge is 0.349 e. The van der Waals surface area contributed by atoms with Crippen LogP contribution in [-0.4, -0.2) is 23.9 Å². The van der Waals surface area contributed by atoms with Crippen LogP contribution < -0.4 is 16.4 Å². The number of anilines is 1. The first-order chi connectivity index (χ1) is 12.0. The van der Waals surface area contributed by atoms with Gasteiger partial charge < -0.3 is 16.4 Å². The van der Waals surface area contributed by atoms with Crippen LogP contribution in [0.1, 0.15) is 67.3 Å². The number of aryl methyl sites for hydroxylation is 1. The Hall–Kier alpha value is -1.88. The average Bonchev–Trinajstić information content (AvgIpc) is 3.04. The molecule has 0 aromatic heterocycles. The second kappa shape index (κ2) is 8.00. The molecular formula is C20H29N3O2. The lowest BCUT2D eigenvalue weighted by atomic mass is 9.95. The van der Waals surface area contributed by atoms with Crippen LogP contribution in [0.2, 0.25) is 0 Å². The van der Waals surface area contributed by atoms with Crippen molar-refractivity contribution in [3.8, 4) is 0 Å². The summed E-state index contributed by atoms with van der Waals surface area (Å²) in [6.07, 6.45) is 8.33. The number of hydrogen-bond donors (Lipinski definition) is 3. The summed E-state index contributed by atoms with van der Waals surface area (Å²) in [5, 5.41) is 6.13. The highest BCUT2D eigenvalue weighted by molar-refractivity contribution is 5.97. The van der Waals surface area contributed by atoms with Crippen molar-refractivity contribution in [1.82, 2.24) is 5.32 Å². The summed E-state index contributed by atoms with van der Waals surface area (Å²) >= 11 is 0. The summed E-state index contributed by atoms with van der Waals surface area (Å²) < 4.78 is 0. The van der Waals surface area contributed by atoms with Crippen molar-refractivity contribution in [2.75, 3.05) is 5.32 Å². The van der Waals surface area contributed by atoms with Crippen molar-refractivity contribution in [1.29, 1.82) is 0 Å². The zero-order valence-electron chi connectivity index (χ0n) is 15.0. The van der Waals surface area contributed by atoms with Gasteiger partial charge in [0.15, 0.2) is 0 Å². The van der Waals surface area contributed by atoms with Gasteiger partial charge in [-0.25, -0.2) is 0 Å². The highest BCUT2D eigenvalue weighted by atomic mass is 16.2. The number of carbonyl (C=O) groups is 2. The Labute approximate surface area is 149 Å². The molecule has 2 aliphatic rings. The van der Waals surface area contributed by atoms with E-state index in [1.54, 1.807) is 6.07 Å². The van der Waals surface area contributed by atoms with Crippen molar-refractivity contribution in [2.45, 2.75) is 70.4 Å². The third kappa shape index (κ3) is 4.60. The summed E-state index contributed by atoms with van der Waals surface area (Å²) in [7, 11) is 0. The molecule has 25 heavy (non-hydrogen) atoms. The zero-order valence-corrected chi connectivity index (χ0v) is 15.0. The second-order valence-corrected chi connectivity index (χ2v) is 7.60. The first-order valence-electron chi connectivity index (χ1n) is 9.51. The summed E-state index contributed by atoms with van der Waals surface area (Å²) in [4.78, 5) is 24.8. The molecule has 0 bridgehead atoms. The zero-order chi connectivity index (χ0) is 17.8. The molecule has 0 heterocycles. The molecule has 2 amide bonds. The SMILES string of the molecule is Cc1cc(C(=O)NC2CCCCC2)ccc1NC(=O)C1CCC(N)C1. The monoisotopic (exact) mass is 343 g/mol. The van der Waals surface area contributed by atoms with Crippen LogP contribution in [0.5, 0.6) is 0 Å². The van der Waals surface area contributed by atoms with Crippen LogP contribution in [-0.2, 0) is 4.79 Å². The molecule has 0 saturated heterocycles. The Morgan fingerprint density at radius 2 is 1.84 bits per heavy atom. The average molecular weight is 343 g/mol. The predicted molar refractivity (Wildman–Crippen MR) is 99.5 cm³/mol. The lowest BCUT2D eigenvalue weighted by molar-refractivity contribution is -0.119. The smallest absolute Gasteiger partial charge is 0.251 e. The van der Waals surface area contributed by atoms with E-state index in [2.05, 4.69) is 10.6 Å². The van der Waals surface area contributed by atoms with Crippen molar-refractivity contribution in [3.63, 3.8) is 0 Å². The minimum absolute atomic E-state index is 0.00340. The minimum Gasteiger partial charge on any atom is -0.349 e. The maximum atomic E-state index is 12.4. The molecule has 5 heteroatoms. The number of amides is 2. The third-order valence-electron chi connectivity index (χ3n) is 5.53. The maximum Gasteiger partial charge on any atom is 0.251 e. The van der Waals surface area contributed by atoms with Gasteiger partial charge in [-0.2, -0.15) is 0 Å². The fraction of sp³-hybridized carbons (Fsp3) is 0.600. The lowest BCUT2D eigenvalue weighted by Gasteiger charge is -2.23. The number of hydrogen-bond acceptors (Lipinski definition) is 3. The Bertz CT molecular complexity index is 638. The van der Waals surface area contributed by atoms with E-state index in [1.807, 2.05) is 19.1 Å². The van der Waals surface area contributed by atoms with E-state index < -0.39 is 0 Å². The van der Waals surface area contributed by atoms with Gasteiger partial charge in [-0.3, -0.25) is 9.59 Å². The van der Waals surface area contributed by atoms with Crippen LogP contribution >= 0.6 is 0 Å². The van der Waals surface area contributed by atoms with Crippen LogP contribution in [0.25, 0.3) is 0 Å². The number of nitrogens with one attached hydrogen (secondary N) is 2. The predicted octanol–water partition coefficient (Wildman–Crippen LogP) is 3.12. The topological polar surface area (TPSA) is 84.2 Å². The van der Waals surface area contributed by atoms with Crippen LogP contribution in [0.15, 0.2) is 18.2 Å². The Morgan fingerprint density at radius 3 is 2.48 bits per heavy atom. The number of benzene rings is 1. The molecule has 136 valence electrons. The minimum atomic E-state index is -0.0188. The second-order valence-electron chi connectivity index (χ2n) is 7.60. The summed E-state index contributed by atoms with van der Waals surface area (Å²) in [6.45, 7) is 1.92. The molecule has 2 unspecified atom stereocenters. The van der Waals surface area contributed by atoms with E-state index in [1.165, 1.54) is 19.3 Å². The van der Waals surface area contributed by atoms with Gasteiger partial charge in [0.2, 0.25) is 5.91 Å². The van der Waals surface area contributed by atoms with Gasteiger partial charge in [0.25, 0.3) is 5.91 Å². The molecule has 2 atom stereocenters. The van der Waals surface area contributed by atoms with E-state index in [9.17, 15) is 9.59 Å². The fourth-order valence-electron chi connectivity index (χ4n) is 3.95. The first-order valence-corrected chi connectivity index (χ1v) is 9.51. The number of nitrogens with two attached hydrogens (primary N) is 1. The molecular weight excluding hydrogens is 314 g/mol. The fourth-order valence-corrected chi connectivity index (χ4v) is 3.95. The summed E-state index contributed by atoms with van der Waals surface area (Å²) in [5.74, 6) is 0.0220.